The lowest BCUT2D eigenvalue weighted by molar-refractivity contribution is -0.140. The first-order valence-electron chi connectivity index (χ1n) is 5.63. The molecule has 2 N–H and O–H groups in total. The lowest BCUT2D eigenvalue weighted by Crippen LogP contribution is -2.28. The Morgan fingerprint density at radius 3 is 2.25 bits per heavy atom. The van der Waals surface area contributed by atoms with E-state index in [2.05, 4.69) is 4.90 Å². The molecule has 0 saturated carbocycles. The summed E-state index contributed by atoms with van der Waals surface area (Å²) in [7, 11) is 2.01. The minimum Gasteiger partial charge on any atom is -0.481 e. The van der Waals surface area contributed by atoms with E-state index in [4.69, 9.17) is 10.2 Å². The third kappa shape index (κ3) is 4.18. The van der Waals surface area contributed by atoms with Gasteiger partial charge in [0.2, 0.25) is 0 Å². The van der Waals surface area contributed by atoms with E-state index < -0.39 is 11.9 Å². The van der Waals surface area contributed by atoms with Crippen LogP contribution >= 0.6 is 0 Å². The molecular weight excluding hydrogens is 210 g/mol. The first-order chi connectivity index (χ1) is 7.49. The van der Waals surface area contributed by atoms with Gasteiger partial charge < -0.3 is 15.1 Å². The molecule has 0 aromatic carbocycles. The fraction of sp³-hybridized carbons (Fsp3) is 0.818. The average Bonchev–Trinajstić information content (AvgIpc) is 2.49. The predicted molar refractivity (Wildman–Crippen MR) is 58.3 cm³/mol. The Balaban J connectivity index is 2.48. The van der Waals surface area contributed by atoms with Crippen LogP contribution in [0.2, 0.25) is 0 Å². The standard InChI is InChI=1S/C11H19NO4/c1-12-4-2-3-9(12)5-8(6-10(13)14)7-11(15)16/h8-9H,2-7H2,1H3,(H,13,14)(H,15,16). The SMILES string of the molecule is CN1CCCC1CC(CC(=O)O)CC(=O)O. The Hall–Kier alpha value is -1.10. The molecule has 0 amide bonds. The van der Waals surface area contributed by atoms with Crippen LogP contribution in [0, 0.1) is 5.92 Å². The predicted octanol–water partition coefficient (Wildman–Crippen LogP) is 1.04. The van der Waals surface area contributed by atoms with Gasteiger partial charge in [-0.2, -0.15) is 0 Å². The molecule has 1 aliphatic rings. The summed E-state index contributed by atoms with van der Waals surface area (Å²) in [5.41, 5.74) is 0. The van der Waals surface area contributed by atoms with E-state index in [9.17, 15) is 9.59 Å². The number of hydrogen-bond donors (Lipinski definition) is 2. The molecule has 0 aliphatic carbocycles. The van der Waals surface area contributed by atoms with E-state index in [1.807, 2.05) is 7.05 Å². The molecule has 1 rings (SSSR count). The molecule has 0 spiro atoms. The molecule has 1 aliphatic heterocycles. The molecule has 1 saturated heterocycles. The number of hydrogen-bond acceptors (Lipinski definition) is 3. The highest BCUT2D eigenvalue weighted by Gasteiger charge is 2.26. The van der Waals surface area contributed by atoms with Crippen LogP contribution < -0.4 is 0 Å². The highest BCUT2D eigenvalue weighted by molar-refractivity contribution is 5.70. The summed E-state index contributed by atoms with van der Waals surface area (Å²) in [6.45, 7) is 1.03. The number of nitrogens with zero attached hydrogens (tertiary/aromatic N) is 1. The van der Waals surface area contributed by atoms with Crippen LogP contribution in [0.1, 0.15) is 32.1 Å². The number of carboxylic acids is 2. The maximum Gasteiger partial charge on any atom is 0.303 e. The van der Waals surface area contributed by atoms with Crippen molar-refractivity contribution in [2.75, 3.05) is 13.6 Å². The number of carboxylic acid groups (broad SMARTS) is 2. The van der Waals surface area contributed by atoms with Gasteiger partial charge in [-0.25, -0.2) is 0 Å². The van der Waals surface area contributed by atoms with Gasteiger partial charge in [0.1, 0.15) is 0 Å². The Kier molecular flexibility index (Phi) is 4.73. The minimum atomic E-state index is -0.910. The van der Waals surface area contributed by atoms with Crippen LogP contribution in [0.4, 0.5) is 0 Å². The Labute approximate surface area is 95.1 Å². The zero-order valence-corrected chi connectivity index (χ0v) is 9.56. The van der Waals surface area contributed by atoms with Crippen LogP contribution in [-0.4, -0.2) is 46.7 Å². The summed E-state index contributed by atoms with van der Waals surface area (Å²) in [5.74, 6) is -2.07. The van der Waals surface area contributed by atoms with Gasteiger partial charge in [0.25, 0.3) is 0 Å². The number of rotatable bonds is 6. The van der Waals surface area contributed by atoms with Crippen LogP contribution in [-0.2, 0) is 9.59 Å². The van der Waals surface area contributed by atoms with Gasteiger partial charge in [-0.05, 0) is 38.8 Å². The van der Waals surface area contributed by atoms with Gasteiger partial charge in [-0.15, -0.1) is 0 Å². The Morgan fingerprint density at radius 1 is 1.31 bits per heavy atom. The number of carbonyl (C=O) groups is 2. The summed E-state index contributed by atoms with van der Waals surface area (Å²) in [5, 5.41) is 17.5. The quantitative estimate of drug-likeness (QED) is 0.711. The molecule has 1 atom stereocenters. The molecule has 0 radical (unpaired) electrons. The minimum absolute atomic E-state index is 0.0450. The zero-order valence-electron chi connectivity index (χ0n) is 9.56. The molecule has 16 heavy (non-hydrogen) atoms. The van der Waals surface area contributed by atoms with Crippen molar-refractivity contribution in [1.29, 1.82) is 0 Å². The molecular formula is C11H19NO4. The van der Waals surface area contributed by atoms with Gasteiger partial charge in [-0.1, -0.05) is 0 Å². The Bertz CT molecular complexity index is 251. The van der Waals surface area contributed by atoms with Crippen molar-refractivity contribution >= 4 is 11.9 Å². The smallest absolute Gasteiger partial charge is 0.303 e. The molecule has 1 fully saturated rings. The molecule has 0 aromatic rings. The highest BCUT2D eigenvalue weighted by atomic mass is 16.4. The van der Waals surface area contributed by atoms with E-state index in [0.29, 0.717) is 12.5 Å². The number of aliphatic carboxylic acids is 2. The van der Waals surface area contributed by atoms with E-state index in [1.165, 1.54) is 0 Å². The summed E-state index contributed by atoms with van der Waals surface area (Å²) in [4.78, 5) is 23.5. The van der Waals surface area contributed by atoms with E-state index in [1.54, 1.807) is 0 Å². The average molecular weight is 229 g/mol. The van der Waals surface area contributed by atoms with Crippen LogP contribution in [0.5, 0.6) is 0 Å². The molecule has 1 heterocycles. The second-order valence-corrected chi connectivity index (χ2v) is 4.57. The van der Waals surface area contributed by atoms with Crippen molar-refractivity contribution in [3.63, 3.8) is 0 Å². The fourth-order valence-electron chi connectivity index (χ4n) is 2.39. The van der Waals surface area contributed by atoms with Crippen molar-refractivity contribution in [1.82, 2.24) is 4.90 Å². The van der Waals surface area contributed by atoms with Crippen molar-refractivity contribution in [3.05, 3.63) is 0 Å². The topological polar surface area (TPSA) is 77.8 Å². The van der Waals surface area contributed by atoms with Gasteiger partial charge in [0, 0.05) is 18.9 Å². The first-order valence-corrected chi connectivity index (χ1v) is 5.63. The van der Waals surface area contributed by atoms with Crippen LogP contribution in [0.15, 0.2) is 0 Å². The zero-order chi connectivity index (χ0) is 12.1. The van der Waals surface area contributed by atoms with E-state index in [-0.39, 0.29) is 18.8 Å². The van der Waals surface area contributed by atoms with Gasteiger partial charge in [0.15, 0.2) is 0 Å². The van der Waals surface area contributed by atoms with Crippen molar-refractivity contribution in [3.8, 4) is 0 Å². The van der Waals surface area contributed by atoms with Crippen molar-refractivity contribution in [2.24, 2.45) is 5.92 Å². The lowest BCUT2D eigenvalue weighted by atomic mass is 9.92. The fourth-order valence-corrected chi connectivity index (χ4v) is 2.39. The number of likely N-dealkylation sites (tertiary alicyclic amines) is 1. The van der Waals surface area contributed by atoms with E-state index >= 15 is 0 Å². The van der Waals surface area contributed by atoms with Crippen molar-refractivity contribution < 1.29 is 19.8 Å². The first kappa shape index (κ1) is 13.0. The highest BCUT2D eigenvalue weighted by Crippen LogP contribution is 2.25. The van der Waals surface area contributed by atoms with E-state index in [0.717, 1.165) is 19.4 Å². The largest absolute Gasteiger partial charge is 0.481 e. The molecule has 0 bridgehead atoms. The third-order valence-electron chi connectivity index (χ3n) is 3.20. The summed E-state index contributed by atoms with van der Waals surface area (Å²) in [6, 6.07) is 0.351. The molecule has 92 valence electrons. The summed E-state index contributed by atoms with van der Waals surface area (Å²) >= 11 is 0. The normalized spacial score (nSPS) is 21.5. The molecule has 5 heteroatoms. The van der Waals surface area contributed by atoms with Crippen molar-refractivity contribution in [2.45, 2.75) is 38.1 Å². The third-order valence-corrected chi connectivity index (χ3v) is 3.20. The van der Waals surface area contributed by atoms with Gasteiger partial charge >= 0.3 is 11.9 Å². The molecule has 0 aromatic heterocycles. The second kappa shape index (κ2) is 5.84. The van der Waals surface area contributed by atoms with Crippen LogP contribution in [0.25, 0.3) is 0 Å². The van der Waals surface area contributed by atoms with Crippen LogP contribution in [0.3, 0.4) is 0 Å². The van der Waals surface area contributed by atoms with Gasteiger partial charge in [0.05, 0.1) is 0 Å². The summed E-state index contributed by atoms with van der Waals surface area (Å²) < 4.78 is 0. The Morgan fingerprint density at radius 2 is 1.88 bits per heavy atom. The summed E-state index contributed by atoms with van der Waals surface area (Å²) in [6.07, 6.45) is 2.75. The molecule has 1 unspecified atom stereocenters. The lowest BCUT2D eigenvalue weighted by Gasteiger charge is -2.23. The maximum atomic E-state index is 10.6. The monoisotopic (exact) mass is 229 g/mol. The second-order valence-electron chi connectivity index (χ2n) is 4.57. The maximum absolute atomic E-state index is 10.6. The molecule has 5 nitrogen and oxygen atoms in total. The van der Waals surface area contributed by atoms with Gasteiger partial charge in [-0.3, -0.25) is 9.59 Å².